The van der Waals surface area contributed by atoms with Crippen molar-refractivity contribution in [2.75, 3.05) is 13.2 Å². The van der Waals surface area contributed by atoms with Crippen LogP contribution in [0.1, 0.15) is 61.5 Å². The summed E-state index contributed by atoms with van der Waals surface area (Å²) in [6.45, 7) is 4.56. The number of aryl methyl sites for hydroxylation is 1. The summed E-state index contributed by atoms with van der Waals surface area (Å²) < 4.78 is 17.4. The van der Waals surface area contributed by atoms with Crippen molar-refractivity contribution in [3.63, 3.8) is 0 Å². The van der Waals surface area contributed by atoms with E-state index >= 15 is 0 Å². The molecule has 0 fully saturated rings. The second kappa shape index (κ2) is 11.0. The van der Waals surface area contributed by atoms with Gasteiger partial charge in [0.25, 0.3) is 0 Å². The molecule has 2 heterocycles. The van der Waals surface area contributed by atoms with Crippen LogP contribution in [0.15, 0.2) is 47.1 Å². The number of rotatable bonds is 0. The van der Waals surface area contributed by atoms with E-state index in [2.05, 4.69) is 12.1 Å². The molecule has 3 rings (SSSR count). The van der Waals surface area contributed by atoms with Crippen LogP contribution in [0.25, 0.3) is 5.57 Å². The third kappa shape index (κ3) is 6.47. The summed E-state index contributed by atoms with van der Waals surface area (Å²) in [6.07, 6.45) is 8.64. The molecular formula is C24H30O4. The highest BCUT2D eigenvalue weighted by atomic mass is 16.5. The van der Waals surface area contributed by atoms with Gasteiger partial charge in [0.1, 0.15) is 5.76 Å². The second-order valence-electron chi connectivity index (χ2n) is 7.38. The minimum Gasteiger partial charge on any atom is -0.469 e. The number of furan rings is 1. The number of ether oxygens (including phenoxy) is 2. The molecule has 2 aromatic rings. The summed E-state index contributed by atoms with van der Waals surface area (Å²) in [6, 6.07) is 10.3. The first-order chi connectivity index (χ1) is 13.7. The zero-order valence-electron chi connectivity index (χ0n) is 16.7. The summed E-state index contributed by atoms with van der Waals surface area (Å²) in [4.78, 5) is 12.2. The summed E-state index contributed by atoms with van der Waals surface area (Å²) in [5.41, 5.74) is 4.32. The van der Waals surface area contributed by atoms with Crippen LogP contribution in [0, 0.1) is 0 Å². The number of hydrogen-bond acceptors (Lipinski definition) is 4. The number of fused-ring (bicyclic) bond motifs is 3. The van der Waals surface area contributed by atoms with Gasteiger partial charge in [0.2, 0.25) is 0 Å². The van der Waals surface area contributed by atoms with Crippen LogP contribution < -0.4 is 0 Å². The molecule has 0 radical (unpaired) electrons. The topological polar surface area (TPSA) is 48.7 Å². The average Bonchev–Trinajstić information content (AvgIpc) is 3.16. The molecule has 0 spiro atoms. The van der Waals surface area contributed by atoms with E-state index in [0.29, 0.717) is 26.2 Å². The molecule has 1 aliphatic rings. The van der Waals surface area contributed by atoms with Gasteiger partial charge in [-0.15, -0.1) is 0 Å². The Bertz CT molecular complexity index is 787. The molecule has 0 N–H and O–H groups in total. The SMILES string of the molecule is C/C1=C\C(=O)CCCCOCc2ccccc2COCCCCc2cc1co2. The van der Waals surface area contributed by atoms with E-state index in [4.69, 9.17) is 13.9 Å². The van der Waals surface area contributed by atoms with Crippen LogP contribution in [0.5, 0.6) is 0 Å². The molecule has 150 valence electrons. The van der Waals surface area contributed by atoms with Crippen molar-refractivity contribution in [3.05, 3.63) is 65.1 Å². The van der Waals surface area contributed by atoms with E-state index in [1.165, 1.54) is 11.1 Å². The minimum atomic E-state index is 0.164. The van der Waals surface area contributed by atoms with E-state index in [1.807, 2.05) is 25.1 Å². The third-order valence-corrected chi connectivity index (χ3v) is 5.04. The van der Waals surface area contributed by atoms with Crippen LogP contribution in [0.2, 0.25) is 0 Å². The lowest BCUT2D eigenvalue weighted by Gasteiger charge is -2.11. The lowest BCUT2D eigenvalue weighted by molar-refractivity contribution is -0.114. The lowest BCUT2D eigenvalue weighted by Crippen LogP contribution is -2.03. The fourth-order valence-electron chi connectivity index (χ4n) is 3.33. The van der Waals surface area contributed by atoms with Gasteiger partial charge >= 0.3 is 0 Å². The first kappa shape index (κ1) is 20.6. The van der Waals surface area contributed by atoms with Gasteiger partial charge < -0.3 is 13.9 Å². The lowest BCUT2D eigenvalue weighted by atomic mass is 10.1. The molecule has 1 aromatic carbocycles. The maximum absolute atomic E-state index is 12.2. The van der Waals surface area contributed by atoms with Crippen LogP contribution in [0.4, 0.5) is 0 Å². The van der Waals surface area contributed by atoms with E-state index in [1.54, 1.807) is 12.3 Å². The Labute approximate surface area is 167 Å². The molecule has 4 nitrogen and oxygen atoms in total. The molecule has 1 aliphatic heterocycles. The van der Waals surface area contributed by atoms with Crippen molar-refractivity contribution in [1.82, 2.24) is 0 Å². The predicted molar refractivity (Wildman–Crippen MR) is 110 cm³/mol. The summed E-state index contributed by atoms with van der Waals surface area (Å²) in [7, 11) is 0. The van der Waals surface area contributed by atoms with Crippen molar-refractivity contribution < 1.29 is 18.7 Å². The monoisotopic (exact) mass is 382 g/mol. The third-order valence-electron chi connectivity index (χ3n) is 5.04. The van der Waals surface area contributed by atoms with Crippen LogP contribution >= 0.6 is 0 Å². The number of carbonyl (C=O) groups is 1. The van der Waals surface area contributed by atoms with E-state index in [0.717, 1.165) is 55.6 Å². The number of ketones is 1. The Morgan fingerprint density at radius 2 is 1.50 bits per heavy atom. The smallest absolute Gasteiger partial charge is 0.155 e. The fraction of sp³-hybridized carbons (Fsp3) is 0.458. The summed E-state index contributed by atoms with van der Waals surface area (Å²) >= 11 is 0. The van der Waals surface area contributed by atoms with E-state index in [9.17, 15) is 4.79 Å². The first-order valence-corrected chi connectivity index (χ1v) is 10.2. The van der Waals surface area contributed by atoms with Crippen molar-refractivity contribution in [3.8, 4) is 0 Å². The molecular weight excluding hydrogens is 352 g/mol. The van der Waals surface area contributed by atoms with Crippen molar-refractivity contribution >= 4 is 11.4 Å². The molecule has 0 saturated heterocycles. The Morgan fingerprint density at radius 1 is 0.857 bits per heavy atom. The zero-order valence-corrected chi connectivity index (χ0v) is 16.7. The highest BCUT2D eigenvalue weighted by Crippen LogP contribution is 2.20. The quantitative estimate of drug-likeness (QED) is 0.604. The summed E-state index contributed by atoms with van der Waals surface area (Å²) in [5.74, 6) is 1.13. The van der Waals surface area contributed by atoms with Gasteiger partial charge in [-0.2, -0.15) is 0 Å². The van der Waals surface area contributed by atoms with Crippen LogP contribution in [-0.2, 0) is 33.9 Å². The van der Waals surface area contributed by atoms with Crippen LogP contribution in [-0.4, -0.2) is 19.0 Å². The van der Waals surface area contributed by atoms with Crippen molar-refractivity contribution in [2.24, 2.45) is 0 Å². The van der Waals surface area contributed by atoms with E-state index < -0.39 is 0 Å². The molecule has 2 bridgehead atoms. The molecule has 0 aliphatic carbocycles. The highest BCUT2D eigenvalue weighted by molar-refractivity contribution is 5.96. The average molecular weight is 383 g/mol. The van der Waals surface area contributed by atoms with Crippen LogP contribution in [0.3, 0.4) is 0 Å². The standard InChI is InChI=1S/C24H30O4/c1-19-14-23(25)10-4-6-12-26-16-20-8-2-3-9-21(20)17-27-13-7-5-11-24-15-22(19)18-28-24/h2-3,8-9,14-15,18H,4-7,10-13,16-17H2,1H3/b19-14+. The molecule has 0 saturated carbocycles. The normalized spacial score (nSPS) is 20.0. The molecule has 0 amide bonds. The maximum atomic E-state index is 12.2. The largest absolute Gasteiger partial charge is 0.469 e. The number of hydrogen-bond donors (Lipinski definition) is 0. The Hall–Kier alpha value is -2.17. The van der Waals surface area contributed by atoms with Gasteiger partial charge in [0.15, 0.2) is 5.78 Å². The molecule has 4 heteroatoms. The van der Waals surface area contributed by atoms with Gasteiger partial charge in [0, 0.05) is 31.6 Å². The van der Waals surface area contributed by atoms with E-state index in [-0.39, 0.29) is 5.78 Å². The van der Waals surface area contributed by atoms with Gasteiger partial charge in [-0.25, -0.2) is 0 Å². The first-order valence-electron chi connectivity index (χ1n) is 10.2. The molecule has 0 unspecified atom stereocenters. The number of allylic oxidation sites excluding steroid dienone is 2. The second-order valence-corrected chi connectivity index (χ2v) is 7.38. The van der Waals surface area contributed by atoms with Gasteiger partial charge in [0.05, 0.1) is 19.5 Å². The fourth-order valence-corrected chi connectivity index (χ4v) is 3.33. The Morgan fingerprint density at radius 3 is 2.18 bits per heavy atom. The van der Waals surface area contributed by atoms with Gasteiger partial charge in [-0.05, 0) is 61.4 Å². The Balaban J connectivity index is 1.62. The number of carbonyl (C=O) groups excluding carboxylic acids is 1. The highest BCUT2D eigenvalue weighted by Gasteiger charge is 2.07. The summed E-state index contributed by atoms with van der Waals surface area (Å²) in [5, 5.41) is 0. The Kier molecular flexibility index (Phi) is 8.07. The van der Waals surface area contributed by atoms with Crippen molar-refractivity contribution in [2.45, 2.75) is 58.7 Å². The molecule has 1 aromatic heterocycles. The number of benzene rings is 1. The molecule has 0 atom stereocenters. The predicted octanol–water partition coefficient (Wildman–Crippen LogP) is 5.49. The van der Waals surface area contributed by atoms with Crippen molar-refractivity contribution in [1.29, 1.82) is 0 Å². The zero-order chi connectivity index (χ0) is 19.6. The maximum Gasteiger partial charge on any atom is 0.155 e. The van der Waals surface area contributed by atoms with Gasteiger partial charge in [-0.1, -0.05) is 24.3 Å². The minimum absolute atomic E-state index is 0.164. The van der Waals surface area contributed by atoms with Gasteiger partial charge in [-0.3, -0.25) is 4.79 Å². The molecule has 28 heavy (non-hydrogen) atoms.